The quantitative estimate of drug-likeness (QED) is 0.474. The lowest BCUT2D eigenvalue weighted by atomic mass is 10.1. The maximum absolute atomic E-state index is 13.4. The van der Waals surface area contributed by atoms with Crippen molar-refractivity contribution in [3.63, 3.8) is 0 Å². The van der Waals surface area contributed by atoms with Gasteiger partial charge >= 0.3 is 6.18 Å². The summed E-state index contributed by atoms with van der Waals surface area (Å²) < 4.78 is 66.6. The van der Waals surface area contributed by atoms with Crippen molar-refractivity contribution in [1.29, 1.82) is 0 Å². The Morgan fingerprint density at radius 3 is 2.29 bits per heavy atom. The van der Waals surface area contributed by atoms with Crippen molar-refractivity contribution < 1.29 is 26.4 Å². The van der Waals surface area contributed by atoms with Crippen molar-refractivity contribution in [2.75, 3.05) is 6.26 Å². The topological polar surface area (TPSA) is 103 Å². The van der Waals surface area contributed by atoms with Crippen LogP contribution in [0.5, 0.6) is 0 Å². The fourth-order valence-electron chi connectivity index (χ4n) is 3.48. The van der Waals surface area contributed by atoms with Crippen LogP contribution in [0.4, 0.5) is 13.2 Å². The number of pyridine rings is 1. The van der Waals surface area contributed by atoms with E-state index in [1.54, 1.807) is 17.8 Å². The molecule has 2 aromatic heterocycles. The Bertz CT molecular complexity index is 1590. The molecule has 0 aliphatic carbocycles. The monoisotopic (exact) mass is 490 g/mol. The normalized spacial score (nSPS) is 12.1. The highest BCUT2D eigenvalue weighted by Gasteiger charge is 2.30. The Morgan fingerprint density at radius 1 is 1.06 bits per heavy atom. The summed E-state index contributed by atoms with van der Waals surface area (Å²) in [5.74, 6) is -0.865. The molecule has 0 atom stereocenters. The molecule has 0 aliphatic rings. The van der Waals surface area contributed by atoms with Crippen molar-refractivity contribution >= 4 is 26.8 Å². The fourth-order valence-corrected chi connectivity index (χ4v) is 3.94. The summed E-state index contributed by atoms with van der Waals surface area (Å²) in [7, 11) is -2.10. The average Bonchev–Trinajstić information content (AvgIpc) is 3.17. The molecular weight excluding hydrogens is 473 g/mol. The highest BCUT2D eigenvalue weighted by Crippen LogP contribution is 2.30. The van der Waals surface area contributed by atoms with Gasteiger partial charge < -0.3 is 4.57 Å². The van der Waals surface area contributed by atoms with Gasteiger partial charge in [-0.25, -0.2) is 18.1 Å². The molecular formula is C22H17F3N4O4S. The number of aryl methyl sites for hydroxylation is 1. The standard InChI is InChI=1S/C22H17F3N4O4S/c1-28-11-18(26-12-28)17-10-14-9-13(20(30)27-34(2,32)33)3-8-19(14)29(21(17)31)16-6-4-15(5-7-16)22(23,24)25/h3-12H,1-2H3,(H,27,30). The molecule has 4 aromatic rings. The second-order valence-electron chi connectivity index (χ2n) is 7.64. The lowest BCUT2D eigenvalue weighted by Gasteiger charge is -2.14. The third-order valence-corrected chi connectivity index (χ3v) is 5.53. The summed E-state index contributed by atoms with van der Waals surface area (Å²) in [5, 5.41) is 0.376. The lowest BCUT2D eigenvalue weighted by molar-refractivity contribution is -0.137. The minimum absolute atomic E-state index is 0.0162. The molecule has 1 amide bonds. The molecule has 0 unspecified atom stereocenters. The van der Waals surface area contributed by atoms with Crippen LogP contribution in [0.15, 0.2) is 65.8 Å². The van der Waals surface area contributed by atoms with Crippen molar-refractivity contribution in [3.05, 3.63) is 82.5 Å². The van der Waals surface area contributed by atoms with Gasteiger partial charge in [-0.3, -0.25) is 14.2 Å². The molecule has 34 heavy (non-hydrogen) atoms. The number of fused-ring (bicyclic) bond motifs is 1. The van der Waals surface area contributed by atoms with E-state index in [4.69, 9.17) is 0 Å². The van der Waals surface area contributed by atoms with Crippen LogP contribution < -0.4 is 10.3 Å². The number of nitrogens with zero attached hydrogens (tertiary/aromatic N) is 3. The number of carbonyl (C=O) groups excluding carboxylic acids is 1. The van der Waals surface area contributed by atoms with E-state index in [1.165, 1.54) is 47.3 Å². The Kier molecular flexibility index (Phi) is 5.56. The van der Waals surface area contributed by atoms with Crippen LogP contribution in [0.2, 0.25) is 0 Å². The molecule has 0 spiro atoms. The summed E-state index contributed by atoms with van der Waals surface area (Å²) in [6.45, 7) is 0. The Balaban J connectivity index is 1.97. The molecule has 0 radical (unpaired) electrons. The zero-order valence-corrected chi connectivity index (χ0v) is 18.6. The first kappa shape index (κ1) is 23.2. The lowest BCUT2D eigenvalue weighted by Crippen LogP contribution is -2.29. The van der Waals surface area contributed by atoms with Gasteiger partial charge in [0.25, 0.3) is 11.5 Å². The number of imidazole rings is 1. The SMILES string of the molecule is Cn1cnc(-c2cc3cc(C(=O)NS(C)(=O)=O)ccc3n(-c3ccc(C(F)(F)F)cc3)c2=O)c1. The Morgan fingerprint density at radius 2 is 1.74 bits per heavy atom. The molecule has 2 heterocycles. The molecule has 8 nitrogen and oxygen atoms in total. The van der Waals surface area contributed by atoms with Crippen LogP contribution >= 0.6 is 0 Å². The molecule has 0 saturated carbocycles. The zero-order chi connectivity index (χ0) is 24.8. The zero-order valence-electron chi connectivity index (χ0n) is 17.8. The number of carbonyl (C=O) groups is 1. The Labute approximate surface area is 191 Å². The van der Waals surface area contributed by atoms with E-state index >= 15 is 0 Å². The summed E-state index contributed by atoms with van der Waals surface area (Å²) in [6, 6.07) is 9.73. The number of nitrogens with one attached hydrogen (secondary N) is 1. The van der Waals surface area contributed by atoms with E-state index in [2.05, 4.69) is 4.98 Å². The van der Waals surface area contributed by atoms with Gasteiger partial charge in [-0.15, -0.1) is 0 Å². The van der Waals surface area contributed by atoms with Crippen molar-refractivity contribution in [3.8, 4) is 16.9 Å². The fraction of sp³-hybridized carbons (Fsp3) is 0.136. The number of sulfonamides is 1. The summed E-state index contributed by atoms with van der Waals surface area (Å²) in [6.07, 6.45) is -0.617. The van der Waals surface area contributed by atoms with Gasteiger partial charge in [0.05, 0.1) is 34.9 Å². The van der Waals surface area contributed by atoms with Gasteiger partial charge in [0.1, 0.15) is 0 Å². The predicted octanol–water partition coefficient (Wildman–Crippen LogP) is 3.10. The summed E-state index contributed by atoms with van der Waals surface area (Å²) >= 11 is 0. The number of aromatic nitrogens is 3. The van der Waals surface area contributed by atoms with Gasteiger partial charge in [0.15, 0.2) is 0 Å². The van der Waals surface area contributed by atoms with Crippen LogP contribution in [-0.4, -0.2) is 34.7 Å². The van der Waals surface area contributed by atoms with Gasteiger partial charge in [-0.05, 0) is 48.5 Å². The number of amides is 1. The number of halogens is 3. The molecule has 12 heteroatoms. The molecule has 4 rings (SSSR count). The minimum Gasteiger partial charge on any atom is -0.340 e. The van der Waals surface area contributed by atoms with E-state index < -0.39 is 33.2 Å². The van der Waals surface area contributed by atoms with E-state index in [-0.39, 0.29) is 16.8 Å². The Hall–Kier alpha value is -3.93. The number of hydrogen-bond acceptors (Lipinski definition) is 5. The first-order chi connectivity index (χ1) is 15.8. The van der Waals surface area contributed by atoms with E-state index in [1.807, 2.05) is 4.72 Å². The average molecular weight is 490 g/mol. The number of rotatable bonds is 4. The second kappa shape index (κ2) is 8.13. The van der Waals surface area contributed by atoms with Gasteiger partial charge in [0, 0.05) is 29.9 Å². The highest BCUT2D eigenvalue weighted by molar-refractivity contribution is 7.89. The summed E-state index contributed by atoms with van der Waals surface area (Å²) in [5.41, 5.74) is -0.430. The maximum Gasteiger partial charge on any atom is 0.416 e. The minimum atomic E-state index is -4.54. The first-order valence-electron chi connectivity index (χ1n) is 9.71. The van der Waals surface area contributed by atoms with E-state index in [9.17, 15) is 31.2 Å². The smallest absolute Gasteiger partial charge is 0.340 e. The van der Waals surface area contributed by atoms with Crippen LogP contribution in [0, 0.1) is 0 Å². The first-order valence-corrected chi connectivity index (χ1v) is 11.6. The van der Waals surface area contributed by atoms with Gasteiger partial charge in [-0.2, -0.15) is 13.2 Å². The van der Waals surface area contributed by atoms with Crippen LogP contribution in [-0.2, 0) is 23.2 Å². The van der Waals surface area contributed by atoms with Crippen LogP contribution in [0.3, 0.4) is 0 Å². The van der Waals surface area contributed by atoms with Crippen molar-refractivity contribution in [2.45, 2.75) is 6.18 Å². The number of hydrogen-bond donors (Lipinski definition) is 1. The molecule has 0 bridgehead atoms. The van der Waals surface area contributed by atoms with Gasteiger partial charge in [0.2, 0.25) is 10.0 Å². The van der Waals surface area contributed by atoms with Gasteiger partial charge in [-0.1, -0.05) is 0 Å². The van der Waals surface area contributed by atoms with E-state index in [0.29, 0.717) is 16.6 Å². The predicted molar refractivity (Wildman–Crippen MR) is 119 cm³/mol. The molecule has 0 aliphatic heterocycles. The molecule has 176 valence electrons. The van der Waals surface area contributed by atoms with Crippen molar-refractivity contribution in [1.82, 2.24) is 18.8 Å². The summed E-state index contributed by atoms with van der Waals surface area (Å²) in [4.78, 5) is 29.9. The number of benzene rings is 2. The van der Waals surface area contributed by atoms with Crippen molar-refractivity contribution in [2.24, 2.45) is 7.05 Å². The number of alkyl halides is 3. The highest BCUT2D eigenvalue weighted by atomic mass is 32.2. The molecule has 2 aromatic carbocycles. The third kappa shape index (κ3) is 4.57. The van der Waals surface area contributed by atoms with E-state index in [0.717, 1.165) is 18.4 Å². The molecule has 0 fully saturated rings. The third-order valence-electron chi connectivity index (χ3n) is 4.98. The molecule has 1 N–H and O–H groups in total. The van der Waals surface area contributed by atoms with Crippen LogP contribution in [0.25, 0.3) is 27.8 Å². The largest absolute Gasteiger partial charge is 0.416 e. The maximum atomic E-state index is 13.4. The molecule has 0 saturated heterocycles. The second-order valence-corrected chi connectivity index (χ2v) is 9.39. The van der Waals surface area contributed by atoms with Crippen LogP contribution in [0.1, 0.15) is 15.9 Å².